The van der Waals surface area contributed by atoms with Crippen LogP contribution >= 0.6 is 11.8 Å². The molecule has 4 rings (SSSR count). The van der Waals surface area contributed by atoms with Crippen molar-refractivity contribution in [1.29, 1.82) is 0 Å². The zero-order chi connectivity index (χ0) is 18.8. The molecule has 0 atom stereocenters. The van der Waals surface area contributed by atoms with Crippen LogP contribution in [0.5, 0.6) is 5.75 Å². The highest BCUT2D eigenvalue weighted by Crippen LogP contribution is 2.33. The summed E-state index contributed by atoms with van der Waals surface area (Å²) in [7, 11) is 3.47. The van der Waals surface area contributed by atoms with Crippen molar-refractivity contribution in [3.8, 4) is 17.3 Å². The molecule has 9 heteroatoms. The summed E-state index contributed by atoms with van der Waals surface area (Å²) < 4.78 is 18.4. The Morgan fingerprint density at radius 3 is 2.89 bits per heavy atom. The Kier molecular flexibility index (Phi) is 5.04. The van der Waals surface area contributed by atoms with Gasteiger partial charge in [0.15, 0.2) is 28.1 Å². The van der Waals surface area contributed by atoms with E-state index in [-0.39, 0.29) is 5.91 Å². The second-order valence-electron chi connectivity index (χ2n) is 6.14. The van der Waals surface area contributed by atoms with Crippen LogP contribution in [0.15, 0.2) is 33.8 Å². The normalized spacial score (nSPS) is 14.7. The second-order valence-corrected chi connectivity index (χ2v) is 7.08. The van der Waals surface area contributed by atoms with Crippen LogP contribution in [0.1, 0.15) is 0 Å². The Hall–Kier alpha value is -2.52. The number of furan rings is 1. The Bertz CT molecular complexity index is 962. The molecule has 0 bridgehead atoms. The topological polar surface area (TPSA) is 82.6 Å². The number of aromatic nitrogens is 3. The average Bonchev–Trinajstić information content (AvgIpc) is 3.29. The lowest BCUT2D eigenvalue weighted by molar-refractivity contribution is -0.132. The standard InChI is InChI=1S/C18H20N4O4S/c1-21-17(14-10-12-4-3-5-13(24-2)16(12)26-14)19-20-18(21)27-11-15(23)22-6-8-25-9-7-22/h3-5,10H,6-9,11H2,1-2H3. The number of para-hydroxylation sites is 1. The van der Waals surface area contributed by atoms with Crippen molar-refractivity contribution < 1.29 is 18.7 Å². The molecule has 0 radical (unpaired) electrons. The number of nitrogens with zero attached hydrogens (tertiary/aromatic N) is 4. The number of ether oxygens (including phenoxy) is 2. The molecule has 27 heavy (non-hydrogen) atoms. The number of thioether (sulfide) groups is 1. The summed E-state index contributed by atoms with van der Waals surface area (Å²) in [6.07, 6.45) is 0. The average molecular weight is 388 g/mol. The van der Waals surface area contributed by atoms with Crippen molar-refractivity contribution in [2.75, 3.05) is 39.2 Å². The number of carbonyl (C=O) groups is 1. The number of hydrogen-bond acceptors (Lipinski definition) is 7. The molecule has 142 valence electrons. The van der Waals surface area contributed by atoms with E-state index < -0.39 is 0 Å². The molecule has 1 aliphatic rings. The van der Waals surface area contributed by atoms with Gasteiger partial charge in [0, 0.05) is 25.5 Å². The van der Waals surface area contributed by atoms with E-state index in [1.165, 1.54) is 11.8 Å². The van der Waals surface area contributed by atoms with Crippen molar-refractivity contribution in [3.05, 3.63) is 24.3 Å². The fourth-order valence-corrected chi connectivity index (χ4v) is 3.81. The second kappa shape index (κ2) is 7.61. The predicted molar refractivity (Wildman–Crippen MR) is 101 cm³/mol. The van der Waals surface area contributed by atoms with E-state index in [0.717, 1.165) is 5.39 Å². The molecule has 1 aliphatic heterocycles. The first-order chi connectivity index (χ1) is 13.2. The van der Waals surface area contributed by atoms with E-state index in [1.807, 2.05) is 40.8 Å². The first kappa shape index (κ1) is 17.9. The maximum atomic E-state index is 12.3. The van der Waals surface area contributed by atoms with E-state index in [1.54, 1.807) is 7.11 Å². The first-order valence-corrected chi connectivity index (χ1v) is 9.60. The van der Waals surface area contributed by atoms with Crippen molar-refractivity contribution in [1.82, 2.24) is 19.7 Å². The van der Waals surface area contributed by atoms with Crippen LogP contribution in [0, 0.1) is 0 Å². The van der Waals surface area contributed by atoms with E-state index in [4.69, 9.17) is 13.9 Å². The van der Waals surface area contributed by atoms with Gasteiger partial charge >= 0.3 is 0 Å². The Labute approximate surface area is 160 Å². The van der Waals surface area contributed by atoms with E-state index in [0.29, 0.717) is 60.1 Å². The molecule has 1 fully saturated rings. The maximum Gasteiger partial charge on any atom is 0.233 e. The number of morpholine rings is 1. The van der Waals surface area contributed by atoms with Crippen LogP contribution in [0.25, 0.3) is 22.6 Å². The van der Waals surface area contributed by atoms with Gasteiger partial charge in [-0.3, -0.25) is 4.79 Å². The first-order valence-electron chi connectivity index (χ1n) is 8.62. The summed E-state index contributed by atoms with van der Waals surface area (Å²) in [5.41, 5.74) is 0.676. The Morgan fingerprint density at radius 2 is 2.11 bits per heavy atom. The molecular formula is C18H20N4O4S. The van der Waals surface area contributed by atoms with Crippen molar-refractivity contribution in [2.24, 2.45) is 7.05 Å². The van der Waals surface area contributed by atoms with Crippen LogP contribution < -0.4 is 4.74 Å². The van der Waals surface area contributed by atoms with Gasteiger partial charge in [0.2, 0.25) is 5.91 Å². The molecule has 3 aromatic rings. The summed E-state index contributed by atoms with van der Waals surface area (Å²) >= 11 is 1.37. The lowest BCUT2D eigenvalue weighted by atomic mass is 10.2. The molecule has 1 aromatic carbocycles. The van der Waals surface area contributed by atoms with Gasteiger partial charge in [-0.1, -0.05) is 23.9 Å². The van der Waals surface area contributed by atoms with Gasteiger partial charge in [-0.25, -0.2) is 0 Å². The zero-order valence-corrected chi connectivity index (χ0v) is 16.0. The van der Waals surface area contributed by atoms with Crippen molar-refractivity contribution in [2.45, 2.75) is 5.16 Å². The minimum absolute atomic E-state index is 0.0846. The zero-order valence-electron chi connectivity index (χ0n) is 15.2. The van der Waals surface area contributed by atoms with E-state index >= 15 is 0 Å². The summed E-state index contributed by atoms with van der Waals surface area (Å²) in [5.74, 6) is 2.29. The van der Waals surface area contributed by atoms with Gasteiger partial charge in [0.25, 0.3) is 0 Å². The third-order valence-corrected chi connectivity index (χ3v) is 5.48. The molecule has 3 heterocycles. The fourth-order valence-electron chi connectivity index (χ4n) is 2.99. The number of benzene rings is 1. The Morgan fingerprint density at radius 1 is 1.30 bits per heavy atom. The summed E-state index contributed by atoms with van der Waals surface area (Å²) in [4.78, 5) is 14.1. The highest BCUT2D eigenvalue weighted by Gasteiger charge is 2.20. The number of rotatable bonds is 5. The lowest BCUT2D eigenvalue weighted by Gasteiger charge is -2.26. The number of fused-ring (bicyclic) bond motifs is 1. The minimum Gasteiger partial charge on any atom is -0.493 e. The monoisotopic (exact) mass is 388 g/mol. The molecule has 0 N–H and O–H groups in total. The molecule has 1 amide bonds. The third-order valence-electron chi connectivity index (χ3n) is 4.47. The SMILES string of the molecule is COc1cccc2cc(-c3nnc(SCC(=O)N4CCOCC4)n3C)oc12. The largest absolute Gasteiger partial charge is 0.493 e. The number of amides is 1. The number of methoxy groups -OCH3 is 1. The summed E-state index contributed by atoms with van der Waals surface area (Å²) in [6, 6.07) is 7.63. The van der Waals surface area contributed by atoms with Crippen LogP contribution in [-0.4, -0.2) is 64.7 Å². The van der Waals surface area contributed by atoms with Crippen LogP contribution in [0.3, 0.4) is 0 Å². The smallest absolute Gasteiger partial charge is 0.233 e. The van der Waals surface area contributed by atoms with Crippen LogP contribution in [0.4, 0.5) is 0 Å². The van der Waals surface area contributed by atoms with Crippen LogP contribution in [0.2, 0.25) is 0 Å². The third kappa shape index (κ3) is 3.52. The predicted octanol–water partition coefficient (Wildman–Crippen LogP) is 2.19. The maximum absolute atomic E-state index is 12.3. The molecule has 0 spiro atoms. The van der Waals surface area contributed by atoms with Crippen LogP contribution in [-0.2, 0) is 16.6 Å². The molecule has 0 unspecified atom stereocenters. The molecular weight excluding hydrogens is 368 g/mol. The van der Waals surface area contributed by atoms with Gasteiger partial charge in [0.05, 0.1) is 26.1 Å². The highest BCUT2D eigenvalue weighted by molar-refractivity contribution is 7.99. The fraction of sp³-hybridized carbons (Fsp3) is 0.389. The summed E-state index contributed by atoms with van der Waals surface area (Å²) in [6.45, 7) is 2.48. The molecule has 1 saturated heterocycles. The van der Waals surface area contributed by atoms with Crippen molar-refractivity contribution in [3.63, 3.8) is 0 Å². The van der Waals surface area contributed by atoms with Gasteiger partial charge in [-0.2, -0.15) is 0 Å². The van der Waals surface area contributed by atoms with E-state index in [9.17, 15) is 4.79 Å². The van der Waals surface area contributed by atoms with Crippen molar-refractivity contribution >= 4 is 28.6 Å². The molecule has 2 aromatic heterocycles. The minimum atomic E-state index is 0.0846. The number of carbonyl (C=O) groups excluding carboxylic acids is 1. The van der Waals surface area contributed by atoms with E-state index in [2.05, 4.69) is 10.2 Å². The molecule has 0 aliphatic carbocycles. The molecule has 8 nitrogen and oxygen atoms in total. The quantitative estimate of drug-likeness (QED) is 0.620. The highest BCUT2D eigenvalue weighted by atomic mass is 32.2. The van der Waals surface area contributed by atoms with Gasteiger partial charge in [0.1, 0.15) is 0 Å². The van der Waals surface area contributed by atoms with Gasteiger partial charge in [-0.05, 0) is 12.1 Å². The van der Waals surface area contributed by atoms with Gasteiger partial charge < -0.3 is 23.4 Å². The Balaban J connectivity index is 1.51. The lowest BCUT2D eigenvalue weighted by Crippen LogP contribution is -2.41. The number of hydrogen-bond donors (Lipinski definition) is 0. The molecule has 0 saturated carbocycles. The summed E-state index contributed by atoms with van der Waals surface area (Å²) in [5, 5.41) is 10.1. The van der Waals surface area contributed by atoms with Gasteiger partial charge in [-0.15, -0.1) is 10.2 Å².